The van der Waals surface area contributed by atoms with Crippen molar-refractivity contribution in [2.24, 2.45) is 0 Å². The minimum atomic E-state index is -0.110. The quantitative estimate of drug-likeness (QED) is 0.879. The molecule has 0 atom stereocenters. The van der Waals surface area contributed by atoms with Gasteiger partial charge in [0.15, 0.2) is 0 Å². The first-order valence-electron chi connectivity index (χ1n) is 6.15. The molecule has 1 aliphatic carbocycles. The molecule has 0 spiro atoms. The van der Waals surface area contributed by atoms with Gasteiger partial charge < -0.3 is 9.88 Å². The molecule has 2 aromatic rings. The van der Waals surface area contributed by atoms with Crippen molar-refractivity contribution < 1.29 is 0 Å². The second kappa shape index (κ2) is 3.53. The predicted octanol–water partition coefficient (Wildman–Crippen LogP) is 2.22. The van der Waals surface area contributed by atoms with Crippen LogP contribution in [-0.2, 0) is 5.54 Å². The normalized spacial score (nSPS) is 16.6. The summed E-state index contributed by atoms with van der Waals surface area (Å²) in [6.45, 7) is 4.33. The molecule has 1 fully saturated rings. The number of imidazole rings is 1. The zero-order valence-corrected chi connectivity index (χ0v) is 10.6. The highest BCUT2D eigenvalue weighted by Crippen LogP contribution is 2.40. The van der Waals surface area contributed by atoms with Gasteiger partial charge in [-0.1, -0.05) is 0 Å². The summed E-state index contributed by atoms with van der Waals surface area (Å²) in [6.07, 6.45) is 6.23. The van der Waals surface area contributed by atoms with E-state index >= 15 is 0 Å². The Hall–Kier alpha value is -1.42. The van der Waals surface area contributed by atoms with Crippen molar-refractivity contribution in [3.05, 3.63) is 24.3 Å². The first kappa shape index (κ1) is 10.7. The third-order valence-corrected chi connectivity index (χ3v) is 3.59. The predicted molar refractivity (Wildman–Crippen MR) is 67.9 cm³/mol. The van der Waals surface area contributed by atoms with Gasteiger partial charge in [-0.05, 0) is 39.8 Å². The van der Waals surface area contributed by atoms with Crippen LogP contribution in [-0.4, -0.2) is 21.6 Å². The zero-order valence-electron chi connectivity index (χ0n) is 10.6. The van der Waals surface area contributed by atoms with E-state index in [2.05, 4.69) is 34.8 Å². The van der Waals surface area contributed by atoms with Crippen LogP contribution in [0, 0.1) is 0 Å². The van der Waals surface area contributed by atoms with E-state index in [4.69, 9.17) is 4.98 Å². The molecule has 0 aromatic carbocycles. The van der Waals surface area contributed by atoms with Gasteiger partial charge in [0.1, 0.15) is 11.3 Å². The fraction of sp³-hybridized carbons (Fsp3) is 0.538. The summed E-state index contributed by atoms with van der Waals surface area (Å²) in [5.41, 5.74) is 2.10. The lowest BCUT2D eigenvalue weighted by molar-refractivity contribution is 0.398. The molecule has 0 saturated heterocycles. The maximum Gasteiger partial charge on any atom is 0.130 e. The van der Waals surface area contributed by atoms with Crippen LogP contribution in [0.25, 0.3) is 11.0 Å². The van der Waals surface area contributed by atoms with Crippen molar-refractivity contribution >= 4 is 11.0 Å². The average molecular weight is 230 g/mol. The van der Waals surface area contributed by atoms with E-state index in [0.717, 1.165) is 11.3 Å². The van der Waals surface area contributed by atoms with Gasteiger partial charge in [0.2, 0.25) is 0 Å². The van der Waals surface area contributed by atoms with E-state index in [0.29, 0.717) is 6.04 Å². The van der Waals surface area contributed by atoms with Crippen molar-refractivity contribution in [3.8, 4) is 0 Å². The fourth-order valence-corrected chi connectivity index (χ4v) is 2.21. The van der Waals surface area contributed by atoms with E-state index in [1.807, 2.05) is 19.4 Å². The molecule has 1 aliphatic rings. The summed E-state index contributed by atoms with van der Waals surface area (Å²) in [6, 6.07) is 2.70. The van der Waals surface area contributed by atoms with Gasteiger partial charge in [0.25, 0.3) is 0 Å². The topological polar surface area (TPSA) is 42.7 Å². The highest BCUT2D eigenvalue weighted by atomic mass is 15.2. The number of fused-ring (bicyclic) bond motifs is 1. The molecule has 3 rings (SSSR count). The first-order chi connectivity index (χ1) is 8.13. The van der Waals surface area contributed by atoms with Crippen LogP contribution in [0.3, 0.4) is 0 Å². The van der Waals surface area contributed by atoms with Crippen LogP contribution in [0.1, 0.15) is 38.6 Å². The Balaban J connectivity index is 2.26. The standard InChI is InChI=1S/C13H18N4/c1-13(2,14-3)12-16-10-8-15-7-6-11(10)17(12)9-4-5-9/h6-9,14H,4-5H2,1-3H3. The summed E-state index contributed by atoms with van der Waals surface area (Å²) in [5.74, 6) is 1.12. The number of aromatic nitrogens is 3. The van der Waals surface area contributed by atoms with Gasteiger partial charge in [-0.3, -0.25) is 4.98 Å². The Bertz CT molecular complexity index is 552. The molecule has 0 unspecified atom stereocenters. The first-order valence-corrected chi connectivity index (χ1v) is 6.15. The lowest BCUT2D eigenvalue weighted by Crippen LogP contribution is -2.36. The second-order valence-electron chi connectivity index (χ2n) is 5.28. The van der Waals surface area contributed by atoms with Crippen LogP contribution >= 0.6 is 0 Å². The fourth-order valence-electron chi connectivity index (χ4n) is 2.21. The Morgan fingerprint density at radius 3 is 2.82 bits per heavy atom. The monoisotopic (exact) mass is 230 g/mol. The number of nitrogens with zero attached hydrogens (tertiary/aromatic N) is 3. The molecule has 1 saturated carbocycles. The molecule has 17 heavy (non-hydrogen) atoms. The van der Waals surface area contributed by atoms with Gasteiger partial charge in [-0.15, -0.1) is 0 Å². The van der Waals surface area contributed by atoms with Crippen LogP contribution in [0.5, 0.6) is 0 Å². The maximum atomic E-state index is 4.75. The third-order valence-electron chi connectivity index (χ3n) is 3.59. The zero-order chi connectivity index (χ0) is 12.0. The molecule has 2 heterocycles. The largest absolute Gasteiger partial charge is 0.323 e. The van der Waals surface area contributed by atoms with Gasteiger partial charge >= 0.3 is 0 Å². The summed E-state index contributed by atoms with van der Waals surface area (Å²) in [7, 11) is 1.98. The lowest BCUT2D eigenvalue weighted by atomic mass is 10.1. The maximum absolute atomic E-state index is 4.75. The molecule has 4 nitrogen and oxygen atoms in total. The Labute approximate surface area is 101 Å². The van der Waals surface area contributed by atoms with Crippen molar-refractivity contribution in [3.63, 3.8) is 0 Å². The third kappa shape index (κ3) is 1.63. The van der Waals surface area contributed by atoms with E-state index in [1.54, 1.807) is 0 Å². The van der Waals surface area contributed by atoms with E-state index < -0.39 is 0 Å². The number of hydrogen-bond acceptors (Lipinski definition) is 3. The Kier molecular flexibility index (Phi) is 2.23. The van der Waals surface area contributed by atoms with E-state index in [1.165, 1.54) is 18.4 Å². The van der Waals surface area contributed by atoms with Crippen LogP contribution in [0.2, 0.25) is 0 Å². The summed E-state index contributed by atoms with van der Waals surface area (Å²) in [5, 5.41) is 3.34. The summed E-state index contributed by atoms with van der Waals surface area (Å²) in [4.78, 5) is 8.91. The van der Waals surface area contributed by atoms with Gasteiger partial charge in [-0.25, -0.2) is 4.98 Å². The molecule has 4 heteroatoms. The number of hydrogen-bond donors (Lipinski definition) is 1. The highest BCUT2D eigenvalue weighted by molar-refractivity contribution is 5.75. The Morgan fingerprint density at radius 1 is 1.41 bits per heavy atom. The molecule has 0 radical (unpaired) electrons. The van der Waals surface area contributed by atoms with Gasteiger partial charge in [0, 0.05) is 12.2 Å². The minimum Gasteiger partial charge on any atom is -0.323 e. The molecule has 1 N–H and O–H groups in total. The van der Waals surface area contributed by atoms with Gasteiger partial charge in [-0.2, -0.15) is 0 Å². The SMILES string of the molecule is CNC(C)(C)c1nc2cnccc2n1C1CC1. The van der Waals surface area contributed by atoms with E-state index in [9.17, 15) is 0 Å². The molecular formula is C13H18N4. The smallest absolute Gasteiger partial charge is 0.130 e. The molecular weight excluding hydrogens is 212 g/mol. The molecule has 0 bridgehead atoms. The van der Waals surface area contributed by atoms with Crippen LogP contribution in [0.15, 0.2) is 18.5 Å². The average Bonchev–Trinajstić information content (AvgIpc) is 3.09. The second-order valence-corrected chi connectivity index (χ2v) is 5.28. The summed E-state index contributed by atoms with van der Waals surface area (Å²) < 4.78 is 2.38. The van der Waals surface area contributed by atoms with Crippen LogP contribution in [0.4, 0.5) is 0 Å². The Morgan fingerprint density at radius 2 is 2.18 bits per heavy atom. The molecule has 0 amide bonds. The van der Waals surface area contributed by atoms with Crippen molar-refractivity contribution in [1.29, 1.82) is 0 Å². The molecule has 2 aromatic heterocycles. The van der Waals surface area contributed by atoms with Gasteiger partial charge in [0.05, 0.1) is 17.3 Å². The van der Waals surface area contributed by atoms with E-state index in [-0.39, 0.29) is 5.54 Å². The number of rotatable bonds is 3. The number of pyridine rings is 1. The van der Waals surface area contributed by atoms with Crippen molar-refractivity contribution in [2.75, 3.05) is 7.05 Å². The van der Waals surface area contributed by atoms with Crippen molar-refractivity contribution in [2.45, 2.75) is 38.3 Å². The summed E-state index contributed by atoms with van der Waals surface area (Å²) >= 11 is 0. The van der Waals surface area contributed by atoms with Crippen molar-refractivity contribution in [1.82, 2.24) is 19.9 Å². The molecule has 0 aliphatic heterocycles. The minimum absolute atomic E-state index is 0.110. The lowest BCUT2D eigenvalue weighted by Gasteiger charge is -2.24. The number of nitrogens with one attached hydrogen (secondary N) is 1. The van der Waals surface area contributed by atoms with Crippen LogP contribution < -0.4 is 5.32 Å². The molecule has 90 valence electrons. The highest BCUT2D eigenvalue weighted by Gasteiger charge is 2.33.